The highest BCUT2D eigenvalue weighted by molar-refractivity contribution is 7.89. The van der Waals surface area contributed by atoms with Gasteiger partial charge in [-0.05, 0) is 24.6 Å². The predicted octanol–water partition coefficient (Wildman–Crippen LogP) is 1.35. The van der Waals surface area contributed by atoms with Crippen LogP contribution in [0.4, 0.5) is 0 Å². The second-order valence-electron chi connectivity index (χ2n) is 3.59. The number of carbonyl (C=O) groups is 1. The van der Waals surface area contributed by atoms with E-state index in [4.69, 9.17) is 16.7 Å². The number of likely N-dealkylation sites (N-methyl/N-ethyl adjacent to an activating group) is 1. The quantitative estimate of drug-likeness (QED) is 0.901. The van der Waals surface area contributed by atoms with Crippen LogP contribution >= 0.6 is 11.6 Å². The van der Waals surface area contributed by atoms with Crippen molar-refractivity contribution in [3.8, 4) is 0 Å². The minimum atomic E-state index is -3.86. The van der Waals surface area contributed by atoms with Crippen molar-refractivity contribution in [2.45, 2.75) is 11.8 Å². The van der Waals surface area contributed by atoms with Gasteiger partial charge in [-0.15, -0.1) is 0 Å². The second-order valence-corrected chi connectivity index (χ2v) is 6.01. The van der Waals surface area contributed by atoms with Gasteiger partial charge in [-0.3, -0.25) is 4.79 Å². The minimum absolute atomic E-state index is 0.0854. The van der Waals surface area contributed by atoms with Crippen molar-refractivity contribution < 1.29 is 18.3 Å². The summed E-state index contributed by atoms with van der Waals surface area (Å²) in [5.74, 6) is -1.22. The van der Waals surface area contributed by atoms with Crippen LogP contribution in [-0.2, 0) is 14.8 Å². The maximum Gasteiger partial charge on any atom is 0.318 e. The van der Waals surface area contributed by atoms with Crippen LogP contribution in [0.25, 0.3) is 0 Å². The molecule has 1 rings (SSSR count). The van der Waals surface area contributed by atoms with E-state index in [-0.39, 0.29) is 9.92 Å². The summed E-state index contributed by atoms with van der Waals surface area (Å²) in [7, 11) is -2.67. The lowest BCUT2D eigenvalue weighted by Crippen LogP contribution is -2.32. The molecule has 0 aliphatic carbocycles. The molecule has 0 heterocycles. The Hall–Kier alpha value is -1.11. The van der Waals surface area contributed by atoms with E-state index in [9.17, 15) is 13.2 Å². The van der Waals surface area contributed by atoms with Gasteiger partial charge in [-0.2, -0.15) is 4.31 Å². The minimum Gasteiger partial charge on any atom is -0.480 e. The van der Waals surface area contributed by atoms with Crippen LogP contribution in [-0.4, -0.2) is 37.4 Å². The average Bonchev–Trinajstić information content (AvgIpc) is 2.15. The highest BCUT2D eigenvalue weighted by Gasteiger charge is 2.24. The van der Waals surface area contributed by atoms with Gasteiger partial charge in [0.2, 0.25) is 10.0 Å². The van der Waals surface area contributed by atoms with E-state index in [0.29, 0.717) is 0 Å². The number of aliphatic carboxylic acids is 1. The largest absolute Gasteiger partial charge is 0.480 e. The maximum absolute atomic E-state index is 12.0. The van der Waals surface area contributed by atoms with Crippen molar-refractivity contribution in [1.82, 2.24) is 4.31 Å². The average molecular weight is 278 g/mol. The lowest BCUT2D eigenvalue weighted by atomic mass is 10.2. The fourth-order valence-corrected chi connectivity index (χ4v) is 2.95. The predicted molar refractivity (Wildman–Crippen MR) is 63.6 cm³/mol. The number of hydrogen-bond acceptors (Lipinski definition) is 3. The van der Waals surface area contributed by atoms with E-state index in [1.54, 1.807) is 13.0 Å². The summed E-state index contributed by atoms with van der Waals surface area (Å²) in [6.45, 7) is 1.18. The third-order valence-corrected chi connectivity index (χ3v) is 4.42. The Morgan fingerprint density at radius 3 is 2.53 bits per heavy atom. The number of hydrogen-bond donors (Lipinski definition) is 1. The van der Waals surface area contributed by atoms with Gasteiger partial charge in [-0.1, -0.05) is 17.7 Å². The summed E-state index contributed by atoms with van der Waals surface area (Å²) in [4.78, 5) is 10.4. The molecule has 0 aromatic heterocycles. The van der Waals surface area contributed by atoms with E-state index >= 15 is 0 Å². The maximum atomic E-state index is 12.0. The molecule has 0 saturated heterocycles. The zero-order valence-electron chi connectivity index (χ0n) is 9.34. The smallest absolute Gasteiger partial charge is 0.318 e. The summed E-state index contributed by atoms with van der Waals surface area (Å²) >= 11 is 5.84. The van der Waals surface area contributed by atoms with Gasteiger partial charge in [0.15, 0.2) is 0 Å². The number of carboxylic acid groups (broad SMARTS) is 1. The Morgan fingerprint density at radius 2 is 2.06 bits per heavy atom. The number of benzene rings is 1. The van der Waals surface area contributed by atoms with Crippen LogP contribution in [0.15, 0.2) is 23.1 Å². The van der Waals surface area contributed by atoms with E-state index in [1.807, 2.05) is 0 Å². The Bertz CT molecular complexity index is 541. The van der Waals surface area contributed by atoms with Crippen molar-refractivity contribution in [2.24, 2.45) is 0 Å². The van der Waals surface area contributed by atoms with Gasteiger partial charge in [0.25, 0.3) is 0 Å². The first kappa shape index (κ1) is 14.0. The molecule has 0 radical (unpaired) electrons. The first-order valence-electron chi connectivity index (χ1n) is 4.69. The summed E-state index contributed by atoms with van der Waals surface area (Å²) in [5, 5.41) is 8.65. The SMILES string of the molecule is Cc1ccc(S(=O)(=O)N(C)CC(=O)O)c(Cl)c1. The molecule has 0 saturated carbocycles. The molecule has 0 unspecified atom stereocenters. The number of sulfonamides is 1. The molecule has 94 valence electrons. The zero-order valence-corrected chi connectivity index (χ0v) is 10.9. The van der Waals surface area contributed by atoms with Crippen LogP contribution in [0.1, 0.15) is 5.56 Å². The molecule has 17 heavy (non-hydrogen) atoms. The Kier molecular flexibility index (Phi) is 4.13. The molecule has 1 aromatic carbocycles. The lowest BCUT2D eigenvalue weighted by molar-refractivity contribution is -0.137. The van der Waals surface area contributed by atoms with Gasteiger partial charge in [0.05, 0.1) is 5.02 Å². The molecule has 7 heteroatoms. The molecule has 0 fully saturated rings. The molecular weight excluding hydrogens is 266 g/mol. The van der Waals surface area contributed by atoms with Crippen molar-refractivity contribution >= 4 is 27.6 Å². The van der Waals surface area contributed by atoms with Crippen molar-refractivity contribution in [2.75, 3.05) is 13.6 Å². The van der Waals surface area contributed by atoms with E-state index in [2.05, 4.69) is 0 Å². The second kappa shape index (κ2) is 5.03. The number of halogens is 1. The molecule has 0 aliphatic rings. The Labute approximate surface area is 105 Å². The van der Waals surface area contributed by atoms with E-state index in [1.165, 1.54) is 19.2 Å². The normalized spacial score (nSPS) is 11.8. The van der Waals surface area contributed by atoms with Gasteiger partial charge >= 0.3 is 5.97 Å². The number of rotatable bonds is 4. The first-order chi connectivity index (χ1) is 7.75. The number of carboxylic acids is 1. The summed E-state index contributed by atoms with van der Waals surface area (Å²) in [6.07, 6.45) is 0. The fraction of sp³-hybridized carbons (Fsp3) is 0.300. The molecule has 1 N–H and O–H groups in total. The van der Waals surface area contributed by atoms with E-state index < -0.39 is 22.5 Å². The topological polar surface area (TPSA) is 74.7 Å². The first-order valence-corrected chi connectivity index (χ1v) is 6.51. The highest BCUT2D eigenvalue weighted by Crippen LogP contribution is 2.24. The number of aryl methyl sites for hydroxylation is 1. The molecule has 5 nitrogen and oxygen atoms in total. The van der Waals surface area contributed by atoms with Crippen LogP contribution in [0.3, 0.4) is 0 Å². The van der Waals surface area contributed by atoms with Gasteiger partial charge in [0, 0.05) is 7.05 Å². The summed E-state index contributed by atoms with van der Waals surface area (Å²) in [5.41, 5.74) is 0.829. The molecule has 0 spiro atoms. The molecule has 0 amide bonds. The van der Waals surface area contributed by atoms with Crippen molar-refractivity contribution in [1.29, 1.82) is 0 Å². The molecular formula is C10H12ClNO4S. The van der Waals surface area contributed by atoms with Gasteiger partial charge in [-0.25, -0.2) is 8.42 Å². The standard InChI is InChI=1S/C10H12ClNO4S/c1-7-3-4-9(8(11)5-7)17(15,16)12(2)6-10(13)14/h3-5H,6H2,1-2H3,(H,13,14). The molecule has 1 aromatic rings. The summed E-state index contributed by atoms with van der Waals surface area (Å²) in [6, 6.07) is 4.49. The van der Waals surface area contributed by atoms with Crippen molar-refractivity contribution in [3.63, 3.8) is 0 Å². The highest BCUT2D eigenvalue weighted by atomic mass is 35.5. The number of nitrogens with zero attached hydrogens (tertiary/aromatic N) is 1. The van der Waals surface area contributed by atoms with Crippen molar-refractivity contribution in [3.05, 3.63) is 28.8 Å². The fourth-order valence-electron chi connectivity index (χ4n) is 1.26. The van der Waals surface area contributed by atoms with Gasteiger partial charge in [0.1, 0.15) is 11.4 Å². The third kappa shape index (κ3) is 3.18. The van der Waals surface area contributed by atoms with Gasteiger partial charge < -0.3 is 5.11 Å². The lowest BCUT2D eigenvalue weighted by Gasteiger charge is -2.15. The molecule has 0 bridgehead atoms. The van der Waals surface area contributed by atoms with Crippen LogP contribution < -0.4 is 0 Å². The van der Waals surface area contributed by atoms with Crippen LogP contribution in [0.5, 0.6) is 0 Å². The Balaban J connectivity index is 3.17. The molecule has 0 aliphatic heterocycles. The van der Waals surface area contributed by atoms with Crippen LogP contribution in [0, 0.1) is 6.92 Å². The van der Waals surface area contributed by atoms with Crippen LogP contribution in [0.2, 0.25) is 5.02 Å². The van der Waals surface area contributed by atoms with E-state index in [0.717, 1.165) is 9.87 Å². The molecule has 0 atom stereocenters. The summed E-state index contributed by atoms with van der Waals surface area (Å²) < 4.78 is 24.7. The zero-order chi connectivity index (χ0) is 13.2. The Morgan fingerprint density at radius 1 is 1.47 bits per heavy atom. The third-order valence-electron chi connectivity index (χ3n) is 2.13. The monoisotopic (exact) mass is 277 g/mol.